The van der Waals surface area contributed by atoms with Gasteiger partial charge in [-0.25, -0.2) is 0 Å². The van der Waals surface area contributed by atoms with E-state index in [0.717, 1.165) is 5.00 Å². The highest BCUT2D eigenvalue weighted by molar-refractivity contribution is 7.17. The minimum absolute atomic E-state index is 0.393. The van der Waals surface area contributed by atoms with Gasteiger partial charge in [0.05, 0.1) is 13.7 Å². The van der Waals surface area contributed by atoms with Crippen LogP contribution in [0.5, 0.6) is 5.75 Å². The fraction of sp³-hybridized carbons (Fsp3) is 0.444. The van der Waals surface area contributed by atoms with Gasteiger partial charge in [-0.1, -0.05) is 0 Å². The molecular weight excluding hydrogens is 214 g/mol. The Hall–Kier alpha value is -1.45. The van der Waals surface area contributed by atoms with Crippen molar-refractivity contribution in [1.82, 2.24) is 0 Å². The number of hydrogen-bond acceptors (Lipinski definition) is 6. The zero-order valence-corrected chi connectivity index (χ0v) is 9.48. The van der Waals surface area contributed by atoms with Gasteiger partial charge in [-0.15, -0.1) is 11.3 Å². The van der Waals surface area contributed by atoms with Crippen molar-refractivity contribution in [2.75, 3.05) is 38.4 Å². The second-order valence-corrected chi connectivity index (χ2v) is 3.76. The topological polar surface area (TPSA) is 80.3 Å². The van der Waals surface area contributed by atoms with Crippen LogP contribution in [-0.2, 0) is 4.74 Å². The van der Waals surface area contributed by atoms with Crippen molar-refractivity contribution in [1.29, 1.82) is 5.26 Å². The van der Waals surface area contributed by atoms with E-state index in [2.05, 4.69) is 5.32 Å². The van der Waals surface area contributed by atoms with Crippen LogP contribution < -0.4 is 15.8 Å². The first-order valence-electron chi connectivity index (χ1n) is 4.33. The van der Waals surface area contributed by atoms with Crippen LogP contribution in [0.1, 0.15) is 4.88 Å². The molecule has 6 heteroatoms. The Morgan fingerprint density at radius 2 is 2.27 bits per heavy atom. The molecule has 1 heterocycles. The first kappa shape index (κ1) is 11.6. The number of methoxy groups -OCH3 is 2. The summed E-state index contributed by atoms with van der Waals surface area (Å²) in [7, 11) is 3.16. The number of hydrogen-bond donors (Lipinski definition) is 2. The number of rotatable bonds is 5. The van der Waals surface area contributed by atoms with Crippen LogP contribution in [0.4, 0.5) is 10.7 Å². The molecule has 0 aromatic carbocycles. The van der Waals surface area contributed by atoms with Gasteiger partial charge in [0.15, 0.2) is 5.75 Å². The Bertz CT molecular complexity index is 370. The molecule has 1 aromatic rings. The minimum atomic E-state index is 0.393. The molecule has 0 saturated carbocycles. The number of nitrogen functional groups attached to an aromatic ring is 1. The van der Waals surface area contributed by atoms with E-state index in [0.29, 0.717) is 29.5 Å². The number of anilines is 2. The largest absolute Gasteiger partial charge is 0.492 e. The van der Waals surface area contributed by atoms with Gasteiger partial charge in [0.2, 0.25) is 0 Å². The highest BCUT2D eigenvalue weighted by Crippen LogP contribution is 2.41. The molecule has 1 aromatic heterocycles. The first-order chi connectivity index (χ1) is 7.24. The summed E-state index contributed by atoms with van der Waals surface area (Å²) in [5.74, 6) is 0.535. The van der Waals surface area contributed by atoms with Gasteiger partial charge in [0.1, 0.15) is 21.6 Å². The van der Waals surface area contributed by atoms with Gasteiger partial charge in [-0.05, 0) is 0 Å². The van der Waals surface area contributed by atoms with Crippen LogP contribution in [0.25, 0.3) is 0 Å². The lowest BCUT2D eigenvalue weighted by Gasteiger charge is -2.05. The summed E-state index contributed by atoms with van der Waals surface area (Å²) < 4.78 is 10.0. The molecule has 0 spiro atoms. The van der Waals surface area contributed by atoms with Crippen LogP contribution in [0.2, 0.25) is 0 Å². The van der Waals surface area contributed by atoms with Gasteiger partial charge in [0, 0.05) is 13.7 Å². The smallest absolute Gasteiger partial charge is 0.177 e. The van der Waals surface area contributed by atoms with Crippen LogP contribution in [0.3, 0.4) is 0 Å². The molecule has 0 unspecified atom stereocenters. The lowest BCUT2D eigenvalue weighted by molar-refractivity contribution is 0.211. The van der Waals surface area contributed by atoms with E-state index in [1.54, 1.807) is 7.11 Å². The maximum absolute atomic E-state index is 8.80. The van der Waals surface area contributed by atoms with Gasteiger partial charge >= 0.3 is 0 Å². The van der Waals surface area contributed by atoms with Crippen molar-refractivity contribution in [3.8, 4) is 11.8 Å². The molecule has 82 valence electrons. The van der Waals surface area contributed by atoms with E-state index in [1.165, 1.54) is 18.4 Å². The van der Waals surface area contributed by atoms with Crippen LogP contribution in [-0.4, -0.2) is 27.4 Å². The lowest BCUT2D eigenvalue weighted by atomic mass is 10.4. The number of nitriles is 1. The second-order valence-electron chi connectivity index (χ2n) is 2.74. The fourth-order valence-electron chi connectivity index (χ4n) is 1.10. The number of nitrogens with one attached hydrogen (secondary N) is 1. The molecule has 1 rings (SSSR count). The first-order valence-corrected chi connectivity index (χ1v) is 5.15. The summed E-state index contributed by atoms with van der Waals surface area (Å²) in [5, 5.41) is 12.7. The number of ether oxygens (including phenoxy) is 2. The molecule has 5 nitrogen and oxygen atoms in total. The summed E-state index contributed by atoms with van der Waals surface area (Å²) in [6, 6.07) is 2.02. The summed E-state index contributed by atoms with van der Waals surface area (Å²) in [5.41, 5.74) is 6.11. The lowest BCUT2D eigenvalue weighted by Crippen LogP contribution is -2.07. The predicted octanol–water partition coefficient (Wildman–Crippen LogP) is 1.27. The number of thiophene rings is 1. The third-order valence-corrected chi connectivity index (χ3v) is 2.85. The Kier molecular flexibility index (Phi) is 4.21. The van der Waals surface area contributed by atoms with Crippen LogP contribution in [0.15, 0.2) is 0 Å². The second kappa shape index (κ2) is 5.44. The minimum Gasteiger partial charge on any atom is -0.492 e. The zero-order chi connectivity index (χ0) is 11.3. The van der Waals surface area contributed by atoms with E-state index in [4.69, 9.17) is 20.5 Å². The molecular formula is C9H13N3O2S. The highest BCUT2D eigenvalue weighted by atomic mass is 32.1. The summed E-state index contributed by atoms with van der Waals surface area (Å²) in [6.45, 7) is 1.24. The average molecular weight is 227 g/mol. The van der Waals surface area contributed by atoms with Crippen molar-refractivity contribution in [2.45, 2.75) is 0 Å². The van der Waals surface area contributed by atoms with Gasteiger partial charge in [0.25, 0.3) is 0 Å². The van der Waals surface area contributed by atoms with Crippen LogP contribution >= 0.6 is 11.3 Å². The van der Waals surface area contributed by atoms with E-state index in [1.807, 2.05) is 6.07 Å². The monoisotopic (exact) mass is 227 g/mol. The number of nitrogens with two attached hydrogens (primary N) is 1. The van der Waals surface area contributed by atoms with Gasteiger partial charge in [-0.2, -0.15) is 5.26 Å². The summed E-state index contributed by atoms with van der Waals surface area (Å²) >= 11 is 1.28. The molecule has 3 N–H and O–H groups in total. The van der Waals surface area contributed by atoms with Crippen molar-refractivity contribution in [3.63, 3.8) is 0 Å². The van der Waals surface area contributed by atoms with E-state index in [-0.39, 0.29) is 0 Å². The molecule has 0 aliphatic carbocycles. The maximum atomic E-state index is 8.80. The highest BCUT2D eigenvalue weighted by Gasteiger charge is 2.15. The van der Waals surface area contributed by atoms with Gasteiger partial charge < -0.3 is 20.5 Å². The summed E-state index contributed by atoms with van der Waals surface area (Å²) in [4.78, 5) is 0.465. The van der Waals surface area contributed by atoms with Gasteiger partial charge in [-0.3, -0.25) is 0 Å². The van der Waals surface area contributed by atoms with E-state index < -0.39 is 0 Å². The predicted molar refractivity (Wildman–Crippen MR) is 60.4 cm³/mol. The molecule has 0 aliphatic rings. The SMILES string of the molecule is COCCNc1sc(C#N)c(N)c1OC. The maximum Gasteiger partial charge on any atom is 0.177 e. The van der Waals surface area contributed by atoms with Crippen molar-refractivity contribution in [2.24, 2.45) is 0 Å². The van der Waals surface area contributed by atoms with Crippen molar-refractivity contribution >= 4 is 22.0 Å². The average Bonchev–Trinajstić information content (AvgIpc) is 2.55. The molecule has 0 saturated heterocycles. The van der Waals surface area contributed by atoms with Crippen molar-refractivity contribution < 1.29 is 9.47 Å². The van der Waals surface area contributed by atoms with Crippen molar-refractivity contribution in [3.05, 3.63) is 4.88 Å². The van der Waals surface area contributed by atoms with E-state index in [9.17, 15) is 0 Å². The Morgan fingerprint density at radius 3 is 2.80 bits per heavy atom. The molecule has 0 aliphatic heterocycles. The van der Waals surface area contributed by atoms with Crippen LogP contribution in [0, 0.1) is 11.3 Å². The normalized spacial score (nSPS) is 9.67. The third kappa shape index (κ3) is 2.52. The molecule has 0 atom stereocenters. The molecule has 0 fully saturated rings. The standard InChI is InChI=1S/C9H13N3O2S/c1-13-4-3-12-9-8(14-2)7(11)6(5-10)15-9/h12H,3-4,11H2,1-2H3. The molecule has 0 amide bonds. The molecule has 15 heavy (non-hydrogen) atoms. The Balaban J connectivity index is 2.83. The zero-order valence-electron chi connectivity index (χ0n) is 8.66. The third-order valence-electron chi connectivity index (χ3n) is 1.80. The fourth-order valence-corrected chi connectivity index (χ4v) is 2.01. The molecule has 0 bridgehead atoms. The summed E-state index contributed by atoms with van der Waals surface area (Å²) in [6.07, 6.45) is 0. The van der Waals surface area contributed by atoms with E-state index >= 15 is 0 Å². The molecule has 0 radical (unpaired) electrons. The Morgan fingerprint density at radius 1 is 1.53 bits per heavy atom. The quantitative estimate of drug-likeness (QED) is 0.740. The number of nitrogens with zero attached hydrogens (tertiary/aromatic N) is 1. The Labute approximate surface area is 92.4 Å².